The Kier molecular flexibility index (Phi) is 3.93. The number of hydrogen-bond donors (Lipinski definition) is 2. The van der Waals surface area contributed by atoms with Gasteiger partial charge in [0, 0.05) is 19.4 Å². The van der Waals surface area contributed by atoms with Crippen LogP contribution in [0, 0.1) is 0 Å². The topological polar surface area (TPSA) is 77.2 Å². The van der Waals surface area contributed by atoms with Crippen LogP contribution in [0.5, 0.6) is 0 Å². The number of rotatable bonds is 3. The Balaban J connectivity index is 1.98. The van der Waals surface area contributed by atoms with Crippen LogP contribution in [-0.4, -0.2) is 29.6 Å². The molecule has 1 saturated heterocycles. The molecular formula is C13H19N3O2. The standard InChI is InChI=1S/C13H19N3O2/c1-10(11-4-2-3-7-15-11)16-12(17)13(14)5-8-18-9-6-13/h2-4,7,10H,5-6,8-9,14H2,1H3,(H,16,17). The molecule has 0 radical (unpaired) electrons. The van der Waals surface area contributed by atoms with Gasteiger partial charge >= 0.3 is 0 Å². The van der Waals surface area contributed by atoms with Gasteiger partial charge in [0.1, 0.15) is 0 Å². The lowest BCUT2D eigenvalue weighted by molar-refractivity contribution is -0.130. The van der Waals surface area contributed by atoms with Gasteiger partial charge in [-0.15, -0.1) is 0 Å². The minimum atomic E-state index is -0.804. The molecule has 98 valence electrons. The Morgan fingerprint density at radius 2 is 2.22 bits per heavy atom. The van der Waals surface area contributed by atoms with Crippen molar-refractivity contribution in [2.75, 3.05) is 13.2 Å². The zero-order chi connectivity index (χ0) is 13.0. The van der Waals surface area contributed by atoms with Gasteiger partial charge in [-0.3, -0.25) is 9.78 Å². The van der Waals surface area contributed by atoms with Crippen molar-refractivity contribution in [3.8, 4) is 0 Å². The van der Waals surface area contributed by atoms with E-state index in [4.69, 9.17) is 10.5 Å². The molecule has 2 heterocycles. The Morgan fingerprint density at radius 1 is 1.50 bits per heavy atom. The molecule has 0 aromatic carbocycles. The van der Waals surface area contributed by atoms with Crippen molar-refractivity contribution in [2.24, 2.45) is 5.73 Å². The highest BCUT2D eigenvalue weighted by Crippen LogP contribution is 2.19. The Morgan fingerprint density at radius 3 is 2.83 bits per heavy atom. The second-order valence-corrected chi connectivity index (χ2v) is 4.72. The normalized spacial score (nSPS) is 20.1. The lowest BCUT2D eigenvalue weighted by Gasteiger charge is -2.32. The van der Waals surface area contributed by atoms with E-state index < -0.39 is 5.54 Å². The van der Waals surface area contributed by atoms with Crippen molar-refractivity contribution >= 4 is 5.91 Å². The fraction of sp³-hybridized carbons (Fsp3) is 0.538. The van der Waals surface area contributed by atoms with E-state index >= 15 is 0 Å². The molecule has 5 nitrogen and oxygen atoms in total. The summed E-state index contributed by atoms with van der Waals surface area (Å²) in [5.41, 5.74) is 6.15. The molecular weight excluding hydrogens is 230 g/mol. The van der Waals surface area contributed by atoms with Crippen LogP contribution >= 0.6 is 0 Å². The van der Waals surface area contributed by atoms with E-state index in [1.807, 2.05) is 25.1 Å². The Labute approximate surface area is 107 Å². The van der Waals surface area contributed by atoms with E-state index in [2.05, 4.69) is 10.3 Å². The summed E-state index contributed by atoms with van der Waals surface area (Å²) < 4.78 is 5.23. The number of ether oxygens (including phenoxy) is 1. The fourth-order valence-electron chi connectivity index (χ4n) is 2.01. The average molecular weight is 249 g/mol. The molecule has 1 unspecified atom stereocenters. The SMILES string of the molecule is CC(NC(=O)C1(N)CCOCC1)c1ccccn1. The number of carbonyl (C=O) groups is 1. The second-order valence-electron chi connectivity index (χ2n) is 4.72. The number of nitrogens with one attached hydrogen (secondary N) is 1. The first kappa shape index (κ1) is 13.0. The highest BCUT2D eigenvalue weighted by molar-refractivity contribution is 5.86. The zero-order valence-electron chi connectivity index (χ0n) is 10.6. The van der Waals surface area contributed by atoms with E-state index in [9.17, 15) is 4.79 Å². The molecule has 1 aromatic heterocycles. The van der Waals surface area contributed by atoms with Crippen molar-refractivity contribution in [1.29, 1.82) is 0 Å². The number of hydrogen-bond acceptors (Lipinski definition) is 4. The highest BCUT2D eigenvalue weighted by Gasteiger charge is 2.36. The molecule has 1 aromatic rings. The molecule has 1 atom stereocenters. The first-order valence-corrected chi connectivity index (χ1v) is 6.20. The third-order valence-electron chi connectivity index (χ3n) is 3.32. The molecule has 1 aliphatic heterocycles. The minimum absolute atomic E-state index is 0.121. The minimum Gasteiger partial charge on any atom is -0.381 e. The second kappa shape index (κ2) is 5.46. The lowest BCUT2D eigenvalue weighted by Crippen LogP contribution is -2.57. The molecule has 0 aliphatic carbocycles. The van der Waals surface area contributed by atoms with Crippen molar-refractivity contribution in [1.82, 2.24) is 10.3 Å². The highest BCUT2D eigenvalue weighted by atomic mass is 16.5. The van der Waals surface area contributed by atoms with Crippen LogP contribution < -0.4 is 11.1 Å². The van der Waals surface area contributed by atoms with Gasteiger partial charge in [-0.05, 0) is 31.9 Å². The molecule has 5 heteroatoms. The Hall–Kier alpha value is -1.46. The number of aromatic nitrogens is 1. The lowest BCUT2D eigenvalue weighted by atomic mass is 9.90. The largest absolute Gasteiger partial charge is 0.381 e. The van der Waals surface area contributed by atoms with E-state index in [1.54, 1.807) is 6.20 Å². The molecule has 2 rings (SSSR count). The van der Waals surface area contributed by atoms with Crippen LogP contribution in [0.2, 0.25) is 0 Å². The number of nitrogens with two attached hydrogens (primary N) is 1. The van der Waals surface area contributed by atoms with Crippen LogP contribution in [0.3, 0.4) is 0 Å². The predicted molar refractivity (Wildman–Crippen MR) is 67.8 cm³/mol. The maximum atomic E-state index is 12.2. The van der Waals surface area contributed by atoms with Gasteiger partial charge in [-0.2, -0.15) is 0 Å². The van der Waals surface area contributed by atoms with Crippen LogP contribution in [0.1, 0.15) is 31.5 Å². The summed E-state index contributed by atoms with van der Waals surface area (Å²) in [5, 5.41) is 2.92. The maximum absolute atomic E-state index is 12.2. The first-order chi connectivity index (χ1) is 8.62. The van der Waals surface area contributed by atoms with E-state index in [-0.39, 0.29) is 11.9 Å². The first-order valence-electron chi connectivity index (χ1n) is 6.20. The van der Waals surface area contributed by atoms with Gasteiger partial charge < -0.3 is 15.8 Å². The average Bonchev–Trinajstić information content (AvgIpc) is 2.40. The Bertz CT molecular complexity index is 402. The molecule has 18 heavy (non-hydrogen) atoms. The van der Waals surface area contributed by atoms with Gasteiger partial charge in [-0.25, -0.2) is 0 Å². The number of nitrogens with zero attached hydrogens (tertiary/aromatic N) is 1. The third kappa shape index (κ3) is 2.86. The number of carbonyl (C=O) groups excluding carboxylic acids is 1. The summed E-state index contributed by atoms with van der Waals surface area (Å²) in [6.45, 7) is 2.99. The third-order valence-corrected chi connectivity index (χ3v) is 3.32. The molecule has 1 fully saturated rings. The summed E-state index contributed by atoms with van der Waals surface area (Å²) in [5.74, 6) is -0.121. The van der Waals surface area contributed by atoms with E-state index in [0.717, 1.165) is 5.69 Å². The van der Waals surface area contributed by atoms with Gasteiger partial charge in [0.15, 0.2) is 0 Å². The molecule has 3 N–H and O–H groups in total. The van der Waals surface area contributed by atoms with Crippen molar-refractivity contribution < 1.29 is 9.53 Å². The molecule has 0 saturated carbocycles. The molecule has 0 spiro atoms. The van der Waals surface area contributed by atoms with E-state index in [1.165, 1.54) is 0 Å². The molecule has 1 aliphatic rings. The van der Waals surface area contributed by atoms with Gasteiger partial charge in [0.25, 0.3) is 0 Å². The van der Waals surface area contributed by atoms with Crippen LogP contribution in [-0.2, 0) is 9.53 Å². The summed E-state index contributed by atoms with van der Waals surface area (Å²) in [6, 6.07) is 5.50. The maximum Gasteiger partial charge on any atom is 0.240 e. The predicted octanol–water partition coefficient (Wildman–Crippen LogP) is 0.767. The molecule has 1 amide bonds. The summed E-state index contributed by atoms with van der Waals surface area (Å²) >= 11 is 0. The van der Waals surface area contributed by atoms with Crippen molar-refractivity contribution in [2.45, 2.75) is 31.3 Å². The van der Waals surface area contributed by atoms with Crippen LogP contribution in [0.15, 0.2) is 24.4 Å². The van der Waals surface area contributed by atoms with Gasteiger partial charge in [0.2, 0.25) is 5.91 Å². The van der Waals surface area contributed by atoms with Gasteiger partial charge in [0.05, 0.1) is 17.3 Å². The van der Waals surface area contributed by atoms with Gasteiger partial charge in [-0.1, -0.05) is 6.07 Å². The fourth-order valence-corrected chi connectivity index (χ4v) is 2.01. The van der Waals surface area contributed by atoms with Crippen molar-refractivity contribution in [3.63, 3.8) is 0 Å². The molecule has 0 bridgehead atoms. The quantitative estimate of drug-likeness (QED) is 0.829. The summed E-state index contributed by atoms with van der Waals surface area (Å²) in [6.07, 6.45) is 2.84. The number of amides is 1. The summed E-state index contributed by atoms with van der Waals surface area (Å²) in [7, 11) is 0. The number of pyridine rings is 1. The monoisotopic (exact) mass is 249 g/mol. The van der Waals surface area contributed by atoms with Crippen molar-refractivity contribution in [3.05, 3.63) is 30.1 Å². The van der Waals surface area contributed by atoms with E-state index in [0.29, 0.717) is 26.1 Å². The van der Waals surface area contributed by atoms with Crippen LogP contribution in [0.25, 0.3) is 0 Å². The van der Waals surface area contributed by atoms with Crippen LogP contribution in [0.4, 0.5) is 0 Å². The summed E-state index contributed by atoms with van der Waals surface area (Å²) in [4.78, 5) is 16.4. The smallest absolute Gasteiger partial charge is 0.240 e. The zero-order valence-corrected chi connectivity index (χ0v) is 10.6.